The van der Waals surface area contributed by atoms with Crippen LogP contribution in [0.2, 0.25) is 10.2 Å². The fraction of sp³-hybridized carbons (Fsp3) is 0.379. The molecule has 15 heteroatoms. The zero-order chi connectivity index (χ0) is 29.9. The van der Waals surface area contributed by atoms with Crippen molar-refractivity contribution in [2.45, 2.75) is 62.4 Å². The first-order chi connectivity index (χ1) is 21.4. The van der Waals surface area contributed by atoms with Crippen molar-refractivity contribution in [3.63, 3.8) is 0 Å². The molecule has 3 aliphatic rings. The number of aliphatic hydroxyl groups excluding tert-OH is 1. The third kappa shape index (κ3) is 5.11. The Hall–Kier alpha value is -3.30. The number of aromatic nitrogens is 8. The van der Waals surface area contributed by atoms with E-state index >= 15 is 0 Å². The van der Waals surface area contributed by atoms with Crippen LogP contribution >= 0.6 is 34.5 Å². The van der Waals surface area contributed by atoms with Gasteiger partial charge < -0.3 is 19.3 Å². The number of rotatable bonds is 6. The Morgan fingerprint density at radius 1 is 1.09 bits per heavy atom. The molecular weight excluding hydrogens is 627 g/mol. The van der Waals surface area contributed by atoms with Crippen LogP contribution in [0.3, 0.4) is 0 Å². The molecule has 1 aliphatic carbocycles. The fourth-order valence-electron chi connectivity index (χ4n) is 5.88. The predicted octanol–water partition coefficient (Wildman–Crippen LogP) is 5.03. The minimum atomic E-state index is -1.17. The molecule has 2 aliphatic heterocycles. The van der Waals surface area contributed by atoms with Gasteiger partial charge >= 0.3 is 0 Å². The summed E-state index contributed by atoms with van der Waals surface area (Å²) in [5.74, 6) is 1.25. The van der Waals surface area contributed by atoms with Crippen LogP contribution in [0.1, 0.15) is 60.1 Å². The van der Waals surface area contributed by atoms with Crippen molar-refractivity contribution in [3.05, 3.63) is 87.3 Å². The first kappa shape index (κ1) is 28.2. The molecule has 5 aromatic rings. The topological polar surface area (TPSA) is 135 Å². The largest absolute Gasteiger partial charge is 0.388 e. The average molecular weight is 654 g/mol. The number of thiazole rings is 1. The monoisotopic (exact) mass is 652 g/mol. The number of hydrogen-bond acceptors (Lipinski definition) is 11. The quantitative estimate of drug-likeness (QED) is 0.266. The summed E-state index contributed by atoms with van der Waals surface area (Å²) >= 11 is 13.8. The average Bonchev–Trinajstić information content (AvgIpc) is 3.38. The molecule has 2 saturated heterocycles. The second-order valence-corrected chi connectivity index (χ2v) is 12.8. The Bertz CT molecular complexity index is 1810. The molecule has 1 aromatic carbocycles. The van der Waals surface area contributed by atoms with Gasteiger partial charge in [-0.1, -0.05) is 58.7 Å². The lowest BCUT2D eigenvalue weighted by atomic mass is 9.91. The highest BCUT2D eigenvalue weighted by atomic mass is 35.5. The molecule has 226 valence electrons. The highest BCUT2D eigenvalue weighted by Gasteiger charge is 2.52. The molecule has 0 radical (unpaired) electrons. The van der Waals surface area contributed by atoms with E-state index in [4.69, 9.17) is 47.5 Å². The maximum atomic E-state index is 12.1. The zero-order valence-electron chi connectivity index (χ0n) is 23.3. The summed E-state index contributed by atoms with van der Waals surface area (Å²) in [6, 6.07) is 10.7. The first-order valence-electron chi connectivity index (χ1n) is 14.2. The summed E-state index contributed by atoms with van der Waals surface area (Å²) in [5.41, 5.74) is 2.99. The lowest BCUT2D eigenvalue weighted by Crippen LogP contribution is -2.57. The molecule has 44 heavy (non-hydrogen) atoms. The Balaban J connectivity index is 1.20. The van der Waals surface area contributed by atoms with Gasteiger partial charge in [-0.25, -0.2) is 19.3 Å². The van der Waals surface area contributed by atoms with E-state index in [1.165, 1.54) is 11.3 Å². The Labute approximate surface area is 265 Å². The van der Waals surface area contributed by atoms with E-state index in [0.717, 1.165) is 24.1 Å². The Kier molecular flexibility index (Phi) is 7.21. The van der Waals surface area contributed by atoms with E-state index in [9.17, 15) is 5.11 Å². The van der Waals surface area contributed by atoms with Crippen molar-refractivity contribution < 1.29 is 19.3 Å². The number of aryl methyl sites for hydroxylation is 1. The number of nitrogens with zero attached hydrogens (tertiary/aromatic N) is 8. The standard InChI is InChI=1S/C29H26Cl2N8O4S/c1-14-33-27(39(36-14)19-9-17(30)10-32-22(19)15-7-8-15)26-24(40)23(38-11-18(35-37-38)28-34-21(31)13-44-28)25-20(42-26)12-41-29(43-25)16-5-3-2-4-6-16/h2-6,9-11,13,15,20,23-26,29,40H,7-8,12H2,1H3/t20?,23-,24?,25+,26-,29?/m1/s1. The molecule has 1 N–H and O–H groups in total. The molecule has 0 spiro atoms. The van der Waals surface area contributed by atoms with Gasteiger partial charge in [0.25, 0.3) is 0 Å². The number of benzene rings is 1. The van der Waals surface area contributed by atoms with Gasteiger partial charge in [0.2, 0.25) is 0 Å². The summed E-state index contributed by atoms with van der Waals surface area (Å²) in [6.45, 7) is 2.01. The highest BCUT2D eigenvalue weighted by Crippen LogP contribution is 2.46. The molecule has 1 saturated carbocycles. The van der Waals surface area contributed by atoms with Crippen molar-refractivity contribution in [1.82, 2.24) is 39.7 Å². The zero-order valence-corrected chi connectivity index (χ0v) is 25.6. The fourth-order valence-corrected chi connectivity index (χ4v) is 6.92. The van der Waals surface area contributed by atoms with Crippen LogP contribution in [0, 0.1) is 6.92 Å². The van der Waals surface area contributed by atoms with Crippen LogP contribution in [0.4, 0.5) is 0 Å². The maximum Gasteiger partial charge on any atom is 0.184 e. The highest BCUT2D eigenvalue weighted by molar-refractivity contribution is 7.13. The van der Waals surface area contributed by atoms with Gasteiger partial charge in [-0.15, -0.1) is 16.4 Å². The van der Waals surface area contributed by atoms with Gasteiger partial charge in [-0.05, 0) is 25.8 Å². The van der Waals surface area contributed by atoms with Crippen molar-refractivity contribution in [2.24, 2.45) is 0 Å². The summed E-state index contributed by atoms with van der Waals surface area (Å²) in [5, 5.41) is 28.8. The molecule has 6 heterocycles. The van der Waals surface area contributed by atoms with Crippen LogP contribution in [0.25, 0.3) is 16.4 Å². The summed E-state index contributed by atoms with van der Waals surface area (Å²) in [6.07, 6.45) is 1.51. The normalized spacial score (nSPS) is 26.9. The smallest absolute Gasteiger partial charge is 0.184 e. The summed E-state index contributed by atoms with van der Waals surface area (Å²) in [7, 11) is 0. The van der Waals surface area contributed by atoms with Gasteiger partial charge in [0.05, 0.1) is 29.2 Å². The molecule has 8 rings (SSSR count). The van der Waals surface area contributed by atoms with Crippen molar-refractivity contribution in [2.75, 3.05) is 6.61 Å². The minimum absolute atomic E-state index is 0.215. The van der Waals surface area contributed by atoms with Crippen molar-refractivity contribution in [1.29, 1.82) is 0 Å². The van der Waals surface area contributed by atoms with Gasteiger partial charge in [-0.2, -0.15) is 5.10 Å². The third-order valence-electron chi connectivity index (χ3n) is 8.01. The van der Waals surface area contributed by atoms with Gasteiger partial charge in [0, 0.05) is 23.1 Å². The molecule has 3 unspecified atom stereocenters. The van der Waals surface area contributed by atoms with E-state index in [2.05, 4.69) is 20.3 Å². The summed E-state index contributed by atoms with van der Waals surface area (Å²) < 4.78 is 22.5. The van der Waals surface area contributed by atoms with Crippen molar-refractivity contribution in [3.8, 4) is 16.4 Å². The van der Waals surface area contributed by atoms with Gasteiger partial charge in [0.1, 0.15) is 52.1 Å². The van der Waals surface area contributed by atoms with Gasteiger partial charge in [-0.3, -0.25) is 4.98 Å². The lowest BCUT2D eigenvalue weighted by Gasteiger charge is -2.47. The number of aliphatic hydroxyl groups is 1. The van der Waals surface area contributed by atoms with E-state index < -0.39 is 36.7 Å². The SMILES string of the molecule is Cc1nc([C@@H]2OC3COC(c4ccccc4)O[C@@H]3[C@H](n3cc(-c4nc(Cl)cs4)nn3)C2O)n(-c2cc(Cl)cnc2C2CC2)n1. The Morgan fingerprint density at radius 2 is 1.93 bits per heavy atom. The van der Waals surface area contributed by atoms with Crippen molar-refractivity contribution >= 4 is 34.5 Å². The molecular formula is C29H26Cl2N8O4S. The molecule has 12 nitrogen and oxygen atoms in total. The number of hydrogen-bond donors (Lipinski definition) is 1. The molecule has 4 aromatic heterocycles. The predicted molar refractivity (Wildman–Crippen MR) is 160 cm³/mol. The maximum absolute atomic E-state index is 12.1. The summed E-state index contributed by atoms with van der Waals surface area (Å²) in [4.78, 5) is 13.7. The lowest BCUT2D eigenvalue weighted by molar-refractivity contribution is -0.319. The molecule has 3 fully saturated rings. The number of pyridine rings is 1. The number of ether oxygens (including phenoxy) is 3. The van der Waals surface area contributed by atoms with Crippen LogP contribution in [-0.2, 0) is 14.2 Å². The second kappa shape index (κ2) is 11.2. The molecule has 0 amide bonds. The van der Waals surface area contributed by atoms with Crippen LogP contribution in [0.5, 0.6) is 0 Å². The third-order valence-corrected chi connectivity index (χ3v) is 9.40. The van der Waals surface area contributed by atoms with Gasteiger partial charge in [0.15, 0.2) is 12.1 Å². The van der Waals surface area contributed by atoms with E-state index in [1.54, 1.807) is 34.1 Å². The Morgan fingerprint density at radius 3 is 2.70 bits per heavy atom. The molecule has 6 atom stereocenters. The minimum Gasteiger partial charge on any atom is -0.388 e. The number of fused-ring (bicyclic) bond motifs is 1. The van der Waals surface area contributed by atoms with Crippen LogP contribution < -0.4 is 0 Å². The first-order valence-corrected chi connectivity index (χ1v) is 15.8. The number of halogens is 2. The van der Waals surface area contributed by atoms with E-state index in [-0.39, 0.29) is 6.61 Å². The van der Waals surface area contributed by atoms with E-state index in [1.807, 2.05) is 36.4 Å². The molecule has 0 bridgehead atoms. The van der Waals surface area contributed by atoms with Crippen LogP contribution in [-0.4, -0.2) is 69.8 Å². The van der Waals surface area contributed by atoms with E-state index in [0.29, 0.717) is 44.1 Å². The second-order valence-electron chi connectivity index (χ2n) is 11.1. The van der Waals surface area contributed by atoms with Crippen LogP contribution in [0.15, 0.2) is 54.2 Å².